The van der Waals surface area contributed by atoms with Gasteiger partial charge in [-0.1, -0.05) is 0 Å². The zero-order valence-corrected chi connectivity index (χ0v) is 8.12. The van der Waals surface area contributed by atoms with Crippen LogP contribution in [0.3, 0.4) is 0 Å². The molecule has 0 aromatic rings. The second kappa shape index (κ2) is 6.37. The molecule has 0 fully saturated rings. The highest BCUT2D eigenvalue weighted by atomic mass is 16.3. The van der Waals surface area contributed by atoms with Crippen LogP contribution in [0.4, 0.5) is 0 Å². The van der Waals surface area contributed by atoms with Crippen LogP contribution >= 0.6 is 0 Å². The topological polar surface area (TPSA) is 55.7 Å². The fraction of sp³-hybridized carbons (Fsp3) is 1.00. The van der Waals surface area contributed by atoms with Crippen LogP contribution in [0, 0.1) is 0 Å². The first-order chi connectivity index (χ1) is 5.57. The summed E-state index contributed by atoms with van der Waals surface area (Å²) in [6, 6.07) is 0.441. The normalized spacial score (nSPS) is 16.5. The van der Waals surface area contributed by atoms with Gasteiger partial charge in [0.05, 0.1) is 12.7 Å². The minimum atomic E-state index is -0.639. The Labute approximate surface area is 74.2 Å². The smallest absolute Gasteiger partial charge is 0.0894 e. The van der Waals surface area contributed by atoms with Gasteiger partial charge < -0.3 is 20.4 Å². The van der Waals surface area contributed by atoms with Gasteiger partial charge in [0.25, 0.3) is 0 Å². The van der Waals surface area contributed by atoms with E-state index in [4.69, 9.17) is 10.2 Å². The van der Waals surface area contributed by atoms with Crippen molar-refractivity contribution in [2.45, 2.75) is 19.1 Å². The van der Waals surface area contributed by atoms with Gasteiger partial charge in [0.2, 0.25) is 0 Å². The van der Waals surface area contributed by atoms with Crippen LogP contribution in [0.25, 0.3) is 0 Å². The predicted molar refractivity (Wildman–Crippen MR) is 49.1 cm³/mol. The molecule has 0 rings (SSSR count). The molecule has 0 spiro atoms. The molecule has 0 heterocycles. The molecule has 0 saturated heterocycles. The van der Waals surface area contributed by atoms with E-state index in [-0.39, 0.29) is 6.61 Å². The van der Waals surface area contributed by atoms with Crippen molar-refractivity contribution in [3.63, 3.8) is 0 Å². The van der Waals surface area contributed by atoms with Gasteiger partial charge in [-0.3, -0.25) is 0 Å². The summed E-state index contributed by atoms with van der Waals surface area (Å²) in [5.41, 5.74) is 0. The van der Waals surface area contributed by atoms with Crippen LogP contribution in [-0.4, -0.2) is 61.1 Å². The van der Waals surface area contributed by atoms with Crippen molar-refractivity contribution >= 4 is 0 Å². The maximum atomic E-state index is 8.98. The van der Waals surface area contributed by atoms with Crippen molar-refractivity contribution in [2.75, 3.05) is 33.8 Å². The molecule has 0 aromatic heterocycles. The quantitative estimate of drug-likeness (QED) is 0.480. The molecule has 1 unspecified atom stereocenters. The zero-order valence-electron chi connectivity index (χ0n) is 8.12. The predicted octanol–water partition coefficient (Wildman–Crippen LogP) is -1.12. The number of rotatable bonds is 6. The second-order valence-electron chi connectivity index (χ2n) is 3.31. The summed E-state index contributed by atoms with van der Waals surface area (Å²) < 4.78 is 0. The standard InChI is InChI=1S/C8H20N2O2/c1-7(10(2)3)4-9-5-8(12)6-11/h7-9,11-12H,4-6H2,1-3H3/t7?,8-/m0/s1. The molecule has 0 aliphatic heterocycles. The summed E-state index contributed by atoms with van der Waals surface area (Å²) in [6.07, 6.45) is -0.639. The van der Waals surface area contributed by atoms with E-state index in [0.29, 0.717) is 12.6 Å². The molecule has 2 atom stereocenters. The Morgan fingerprint density at radius 3 is 2.33 bits per heavy atom. The van der Waals surface area contributed by atoms with Crippen LogP contribution in [0.5, 0.6) is 0 Å². The van der Waals surface area contributed by atoms with E-state index in [9.17, 15) is 0 Å². The van der Waals surface area contributed by atoms with Crippen molar-refractivity contribution in [3.8, 4) is 0 Å². The van der Waals surface area contributed by atoms with Gasteiger partial charge in [-0.05, 0) is 21.0 Å². The summed E-state index contributed by atoms with van der Waals surface area (Å²) in [7, 11) is 4.02. The molecule has 0 aromatic carbocycles. The third-order valence-corrected chi connectivity index (χ3v) is 1.91. The maximum absolute atomic E-state index is 8.98. The van der Waals surface area contributed by atoms with E-state index in [1.807, 2.05) is 14.1 Å². The third kappa shape index (κ3) is 5.49. The van der Waals surface area contributed by atoms with Gasteiger partial charge in [-0.25, -0.2) is 0 Å². The molecule has 0 radical (unpaired) electrons. The summed E-state index contributed by atoms with van der Waals surface area (Å²) in [5, 5.41) is 20.6. The molecule has 0 bridgehead atoms. The lowest BCUT2D eigenvalue weighted by atomic mass is 10.3. The molecule has 4 nitrogen and oxygen atoms in total. The van der Waals surface area contributed by atoms with Gasteiger partial charge in [0, 0.05) is 19.1 Å². The van der Waals surface area contributed by atoms with E-state index in [1.54, 1.807) is 0 Å². The van der Waals surface area contributed by atoms with E-state index < -0.39 is 6.10 Å². The summed E-state index contributed by atoms with van der Waals surface area (Å²) >= 11 is 0. The lowest BCUT2D eigenvalue weighted by molar-refractivity contribution is 0.0931. The highest BCUT2D eigenvalue weighted by Gasteiger charge is 2.05. The average Bonchev–Trinajstić information content (AvgIpc) is 2.03. The molecular weight excluding hydrogens is 156 g/mol. The van der Waals surface area contributed by atoms with Gasteiger partial charge in [0.1, 0.15) is 0 Å². The highest BCUT2D eigenvalue weighted by molar-refractivity contribution is 4.65. The molecule has 74 valence electrons. The first kappa shape index (κ1) is 11.8. The van der Waals surface area contributed by atoms with Crippen LogP contribution in [-0.2, 0) is 0 Å². The largest absolute Gasteiger partial charge is 0.394 e. The van der Waals surface area contributed by atoms with Gasteiger partial charge in [-0.15, -0.1) is 0 Å². The Balaban J connectivity index is 3.30. The van der Waals surface area contributed by atoms with Gasteiger partial charge in [-0.2, -0.15) is 0 Å². The number of hydrogen-bond donors (Lipinski definition) is 3. The third-order valence-electron chi connectivity index (χ3n) is 1.91. The van der Waals surface area contributed by atoms with Gasteiger partial charge >= 0.3 is 0 Å². The van der Waals surface area contributed by atoms with E-state index in [2.05, 4.69) is 17.1 Å². The molecule has 3 N–H and O–H groups in total. The SMILES string of the molecule is CC(CNC[C@H](O)CO)N(C)C. The molecule has 0 saturated carbocycles. The highest BCUT2D eigenvalue weighted by Crippen LogP contribution is 1.88. The van der Waals surface area contributed by atoms with Crippen molar-refractivity contribution in [1.82, 2.24) is 10.2 Å². The molecule has 0 amide bonds. The first-order valence-electron chi connectivity index (χ1n) is 4.24. The number of nitrogens with zero attached hydrogens (tertiary/aromatic N) is 1. The summed E-state index contributed by atoms with van der Waals surface area (Å²) in [6.45, 7) is 3.19. The molecule has 0 aliphatic rings. The van der Waals surface area contributed by atoms with Crippen LogP contribution < -0.4 is 5.32 Å². The minimum absolute atomic E-state index is 0.177. The van der Waals surface area contributed by atoms with Crippen LogP contribution in [0.15, 0.2) is 0 Å². The second-order valence-corrected chi connectivity index (χ2v) is 3.31. The first-order valence-corrected chi connectivity index (χ1v) is 4.24. The molecule has 0 aliphatic carbocycles. The lowest BCUT2D eigenvalue weighted by Gasteiger charge is -2.20. The maximum Gasteiger partial charge on any atom is 0.0894 e. The van der Waals surface area contributed by atoms with Crippen LogP contribution in [0.2, 0.25) is 0 Å². The van der Waals surface area contributed by atoms with Crippen molar-refractivity contribution in [1.29, 1.82) is 0 Å². The number of aliphatic hydroxyl groups is 2. The van der Waals surface area contributed by atoms with E-state index in [1.165, 1.54) is 0 Å². The van der Waals surface area contributed by atoms with E-state index in [0.717, 1.165) is 6.54 Å². The number of nitrogens with one attached hydrogen (secondary N) is 1. The Hall–Kier alpha value is -0.160. The van der Waals surface area contributed by atoms with Crippen molar-refractivity contribution in [3.05, 3.63) is 0 Å². The molecule has 12 heavy (non-hydrogen) atoms. The average molecular weight is 176 g/mol. The fourth-order valence-electron chi connectivity index (χ4n) is 0.706. The fourth-order valence-corrected chi connectivity index (χ4v) is 0.706. The Morgan fingerprint density at radius 1 is 1.33 bits per heavy atom. The molecular formula is C8H20N2O2. The number of aliphatic hydroxyl groups excluding tert-OH is 2. The minimum Gasteiger partial charge on any atom is -0.394 e. The number of hydrogen-bond acceptors (Lipinski definition) is 4. The Morgan fingerprint density at radius 2 is 1.92 bits per heavy atom. The van der Waals surface area contributed by atoms with Gasteiger partial charge in [0.15, 0.2) is 0 Å². The summed E-state index contributed by atoms with van der Waals surface area (Å²) in [4.78, 5) is 2.10. The lowest BCUT2D eigenvalue weighted by Crippen LogP contribution is -2.39. The van der Waals surface area contributed by atoms with Crippen molar-refractivity contribution < 1.29 is 10.2 Å². The summed E-state index contributed by atoms with van der Waals surface area (Å²) in [5.74, 6) is 0. The molecule has 4 heteroatoms. The Bertz CT molecular complexity index is 109. The van der Waals surface area contributed by atoms with E-state index >= 15 is 0 Å². The monoisotopic (exact) mass is 176 g/mol. The van der Waals surface area contributed by atoms with Crippen LogP contribution in [0.1, 0.15) is 6.92 Å². The number of likely N-dealkylation sites (N-methyl/N-ethyl adjacent to an activating group) is 1. The Kier molecular flexibility index (Phi) is 6.28. The zero-order chi connectivity index (χ0) is 9.56. The van der Waals surface area contributed by atoms with Crippen molar-refractivity contribution in [2.24, 2.45) is 0 Å².